The van der Waals surface area contributed by atoms with Crippen LogP contribution in [-0.4, -0.2) is 24.3 Å². The number of rotatable bonds is 7. The molecule has 0 aromatic rings. The number of hydrogen-bond acceptors (Lipinski definition) is 3. The third kappa shape index (κ3) is 7.08. The zero-order chi connectivity index (χ0) is 11.8. The maximum Gasteiger partial charge on any atom is 0.222 e. The molecule has 15 heavy (non-hydrogen) atoms. The number of amides is 1. The second-order valence-electron chi connectivity index (χ2n) is 4.16. The summed E-state index contributed by atoms with van der Waals surface area (Å²) in [7, 11) is 0. The monoisotopic (exact) mass is 214 g/mol. The van der Waals surface area contributed by atoms with Gasteiger partial charge in [0.25, 0.3) is 0 Å². The highest BCUT2D eigenvalue weighted by Gasteiger charge is 2.08. The zero-order valence-electron chi connectivity index (χ0n) is 9.88. The number of nitrogens with one attached hydrogen (secondary N) is 1. The minimum absolute atomic E-state index is 0.0289. The number of carbonyl (C=O) groups is 2. The molecule has 0 aliphatic carbocycles. The molecule has 0 rings (SSSR count). The minimum atomic E-state index is -0.342. The number of unbranched alkanes of at least 4 members (excludes halogenated alkanes) is 1. The van der Waals surface area contributed by atoms with Gasteiger partial charge >= 0.3 is 0 Å². The molecule has 0 heterocycles. The van der Waals surface area contributed by atoms with E-state index in [1.54, 1.807) is 0 Å². The van der Waals surface area contributed by atoms with Crippen molar-refractivity contribution in [3.05, 3.63) is 0 Å². The second-order valence-corrected chi connectivity index (χ2v) is 4.16. The fourth-order valence-electron chi connectivity index (χ4n) is 1.11. The summed E-state index contributed by atoms with van der Waals surface area (Å²) in [4.78, 5) is 22.0. The first-order valence-electron chi connectivity index (χ1n) is 5.49. The van der Waals surface area contributed by atoms with Gasteiger partial charge in [-0.3, -0.25) is 9.59 Å². The molecule has 0 aliphatic rings. The molecule has 4 nitrogen and oxygen atoms in total. The Bertz CT molecular complexity index is 215. The smallest absolute Gasteiger partial charge is 0.222 e. The highest BCUT2D eigenvalue weighted by Crippen LogP contribution is 1.99. The van der Waals surface area contributed by atoms with Gasteiger partial charge in [0.1, 0.15) is 5.78 Å². The highest BCUT2D eigenvalue weighted by atomic mass is 16.1. The van der Waals surface area contributed by atoms with Crippen LogP contribution in [0.1, 0.15) is 40.0 Å². The third-order valence-corrected chi connectivity index (χ3v) is 2.29. The van der Waals surface area contributed by atoms with Crippen LogP contribution in [-0.2, 0) is 9.59 Å². The molecule has 4 heteroatoms. The van der Waals surface area contributed by atoms with E-state index >= 15 is 0 Å². The largest absolute Gasteiger partial charge is 0.356 e. The molecule has 88 valence electrons. The topological polar surface area (TPSA) is 72.2 Å². The van der Waals surface area contributed by atoms with Crippen LogP contribution in [0.2, 0.25) is 0 Å². The van der Waals surface area contributed by atoms with Gasteiger partial charge in [-0.05, 0) is 26.2 Å². The Morgan fingerprint density at radius 3 is 2.33 bits per heavy atom. The van der Waals surface area contributed by atoms with Crippen molar-refractivity contribution in [3.63, 3.8) is 0 Å². The van der Waals surface area contributed by atoms with Crippen molar-refractivity contribution in [1.29, 1.82) is 0 Å². The fourth-order valence-corrected chi connectivity index (χ4v) is 1.11. The van der Waals surface area contributed by atoms with Gasteiger partial charge in [-0.1, -0.05) is 13.8 Å². The van der Waals surface area contributed by atoms with Gasteiger partial charge in [-0.25, -0.2) is 0 Å². The average molecular weight is 214 g/mol. The van der Waals surface area contributed by atoms with Crippen molar-refractivity contribution in [3.8, 4) is 0 Å². The Balaban J connectivity index is 3.40. The van der Waals surface area contributed by atoms with Crippen molar-refractivity contribution < 1.29 is 9.59 Å². The van der Waals surface area contributed by atoms with Crippen LogP contribution >= 0.6 is 0 Å². The van der Waals surface area contributed by atoms with Crippen molar-refractivity contribution >= 4 is 11.7 Å². The summed E-state index contributed by atoms with van der Waals surface area (Å²) in [6.07, 6.45) is 2.45. The van der Waals surface area contributed by atoms with Crippen LogP contribution in [0, 0.1) is 5.92 Å². The van der Waals surface area contributed by atoms with Crippen molar-refractivity contribution in [2.75, 3.05) is 6.54 Å². The lowest BCUT2D eigenvalue weighted by Crippen LogP contribution is -2.30. The average Bonchev–Trinajstić information content (AvgIpc) is 2.16. The molecule has 0 aromatic carbocycles. The minimum Gasteiger partial charge on any atom is -0.356 e. The van der Waals surface area contributed by atoms with Crippen LogP contribution in [0.15, 0.2) is 0 Å². The molecule has 1 amide bonds. The zero-order valence-corrected chi connectivity index (χ0v) is 9.88. The molecule has 0 spiro atoms. The summed E-state index contributed by atoms with van der Waals surface area (Å²) >= 11 is 0. The lowest BCUT2D eigenvalue weighted by Gasteiger charge is -2.09. The quantitative estimate of drug-likeness (QED) is 0.617. The molecule has 0 aromatic heterocycles. The molecule has 1 atom stereocenters. The van der Waals surface area contributed by atoms with E-state index < -0.39 is 0 Å². The Morgan fingerprint density at radius 2 is 1.87 bits per heavy atom. The van der Waals surface area contributed by atoms with Crippen LogP contribution in [0.4, 0.5) is 0 Å². The van der Waals surface area contributed by atoms with Gasteiger partial charge < -0.3 is 11.1 Å². The van der Waals surface area contributed by atoms with Crippen molar-refractivity contribution in [1.82, 2.24) is 5.32 Å². The normalized spacial score (nSPS) is 12.6. The second kappa shape index (κ2) is 7.40. The van der Waals surface area contributed by atoms with Gasteiger partial charge in [0.05, 0.1) is 6.04 Å². The Morgan fingerprint density at radius 1 is 1.27 bits per heavy atom. The first kappa shape index (κ1) is 14.1. The molecule has 0 aliphatic heterocycles. The maximum atomic E-state index is 11.2. The van der Waals surface area contributed by atoms with Crippen LogP contribution in [0.25, 0.3) is 0 Å². The van der Waals surface area contributed by atoms with E-state index in [0.29, 0.717) is 13.0 Å². The first-order valence-corrected chi connectivity index (χ1v) is 5.49. The summed E-state index contributed by atoms with van der Waals surface area (Å²) in [5.41, 5.74) is 5.57. The van der Waals surface area contributed by atoms with Crippen LogP contribution in [0.3, 0.4) is 0 Å². The van der Waals surface area contributed by atoms with Gasteiger partial charge in [0.2, 0.25) is 5.91 Å². The highest BCUT2D eigenvalue weighted by molar-refractivity contribution is 5.81. The Kier molecular flexibility index (Phi) is 6.96. The molecule has 0 unspecified atom stereocenters. The summed E-state index contributed by atoms with van der Waals surface area (Å²) in [5, 5.41) is 2.82. The first-order chi connectivity index (χ1) is 6.95. The number of Topliss-reactive ketones (excluding diaryl/α,β-unsaturated/α-hetero) is 1. The fraction of sp³-hybridized carbons (Fsp3) is 0.818. The van der Waals surface area contributed by atoms with Gasteiger partial charge in [-0.2, -0.15) is 0 Å². The molecule has 0 fully saturated rings. The predicted molar refractivity (Wildman–Crippen MR) is 60.4 cm³/mol. The molecule has 0 saturated carbocycles. The van der Waals surface area contributed by atoms with E-state index in [1.165, 1.54) is 6.92 Å². The van der Waals surface area contributed by atoms with E-state index in [1.807, 2.05) is 13.8 Å². The third-order valence-electron chi connectivity index (χ3n) is 2.29. The summed E-state index contributed by atoms with van der Waals surface area (Å²) < 4.78 is 0. The Labute approximate surface area is 91.6 Å². The molecule has 0 saturated heterocycles. The molecular weight excluding hydrogens is 192 g/mol. The standard InChI is InChI=1S/C11H22N2O2/c1-8(2)11(15)13-7-5-4-6-10(12)9(3)14/h8,10H,4-7,12H2,1-3H3,(H,13,15)/t10-/m0/s1. The number of nitrogens with two attached hydrogens (primary N) is 1. The lowest BCUT2D eigenvalue weighted by molar-refractivity contribution is -0.124. The molecule has 0 radical (unpaired) electrons. The number of ketones is 1. The molecule has 0 bridgehead atoms. The molecule has 3 N–H and O–H groups in total. The van der Waals surface area contributed by atoms with E-state index in [4.69, 9.17) is 5.73 Å². The van der Waals surface area contributed by atoms with Crippen molar-refractivity contribution in [2.24, 2.45) is 11.7 Å². The van der Waals surface area contributed by atoms with Gasteiger partial charge in [-0.15, -0.1) is 0 Å². The van der Waals surface area contributed by atoms with E-state index in [0.717, 1.165) is 12.8 Å². The van der Waals surface area contributed by atoms with E-state index in [2.05, 4.69) is 5.32 Å². The summed E-state index contributed by atoms with van der Waals surface area (Å²) in [5.74, 6) is 0.136. The van der Waals surface area contributed by atoms with E-state index in [-0.39, 0.29) is 23.7 Å². The Hall–Kier alpha value is -0.900. The molecular formula is C11H22N2O2. The summed E-state index contributed by atoms with van der Waals surface area (Å²) in [6.45, 7) is 5.90. The summed E-state index contributed by atoms with van der Waals surface area (Å²) in [6, 6.07) is -0.342. The number of carbonyl (C=O) groups excluding carboxylic acids is 2. The number of hydrogen-bond donors (Lipinski definition) is 2. The predicted octanol–water partition coefficient (Wildman–Crippen LogP) is 0.845. The van der Waals surface area contributed by atoms with E-state index in [9.17, 15) is 9.59 Å². The van der Waals surface area contributed by atoms with Crippen LogP contribution < -0.4 is 11.1 Å². The van der Waals surface area contributed by atoms with Crippen molar-refractivity contribution in [2.45, 2.75) is 46.1 Å². The SMILES string of the molecule is CC(=O)[C@@H](N)CCCCNC(=O)C(C)C. The van der Waals surface area contributed by atoms with Gasteiger partial charge in [0.15, 0.2) is 0 Å². The van der Waals surface area contributed by atoms with Crippen LogP contribution in [0.5, 0.6) is 0 Å². The maximum absolute atomic E-state index is 11.2. The lowest BCUT2D eigenvalue weighted by atomic mass is 10.1. The van der Waals surface area contributed by atoms with Gasteiger partial charge in [0, 0.05) is 12.5 Å².